The second kappa shape index (κ2) is 5.80. The van der Waals surface area contributed by atoms with Gasteiger partial charge in [0.1, 0.15) is 5.82 Å². The van der Waals surface area contributed by atoms with Crippen LogP contribution in [0.1, 0.15) is 18.4 Å². The molecule has 17 heavy (non-hydrogen) atoms. The average Bonchev–Trinajstić information content (AvgIpc) is 2.71. The summed E-state index contributed by atoms with van der Waals surface area (Å²) in [5, 5.41) is 3.65. The summed E-state index contributed by atoms with van der Waals surface area (Å²) in [5.41, 5.74) is 0.734. The molecule has 4 heteroatoms. The first-order chi connectivity index (χ1) is 8.20. The molecule has 0 radical (unpaired) electrons. The van der Waals surface area contributed by atoms with Gasteiger partial charge in [-0.05, 0) is 38.6 Å². The smallest absolute Gasteiger partial charge is 0.129 e. The maximum atomic E-state index is 13.7. The minimum atomic E-state index is -0.201. The van der Waals surface area contributed by atoms with Gasteiger partial charge in [0.2, 0.25) is 0 Å². The number of hydrogen-bond acceptors (Lipinski definition) is 2. The quantitative estimate of drug-likeness (QED) is 0.891. The lowest BCUT2D eigenvalue weighted by Gasteiger charge is -2.24. The third-order valence-electron chi connectivity index (χ3n) is 3.33. The van der Waals surface area contributed by atoms with Crippen LogP contribution in [0.25, 0.3) is 0 Å². The Balaban J connectivity index is 2.04. The first-order valence-corrected chi connectivity index (χ1v) is 6.41. The lowest BCUT2D eigenvalue weighted by Crippen LogP contribution is -2.36. The standard InChI is InChI=1S/C13H18ClFN2/c1-16-8-12-3-2-6-17(12)9-10-4-5-11(14)7-13(10)15/h4-5,7,12,16H,2-3,6,8-9H2,1H3. The Labute approximate surface area is 107 Å². The number of rotatable bonds is 4. The fourth-order valence-electron chi connectivity index (χ4n) is 2.44. The third-order valence-corrected chi connectivity index (χ3v) is 3.56. The number of likely N-dealkylation sites (N-methyl/N-ethyl adjacent to an activating group) is 1. The molecule has 0 amide bonds. The summed E-state index contributed by atoms with van der Waals surface area (Å²) in [5.74, 6) is -0.201. The van der Waals surface area contributed by atoms with E-state index < -0.39 is 0 Å². The topological polar surface area (TPSA) is 15.3 Å². The predicted octanol–water partition coefficient (Wildman–Crippen LogP) is 2.66. The fourth-order valence-corrected chi connectivity index (χ4v) is 2.60. The molecule has 1 atom stereocenters. The minimum absolute atomic E-state index is 0.201. The molecule has 0 bridgehead atoms. The van der Waals surface area contributed by atoms with Gasteiger partial charge in [0, 0.05) is 29.7 Å². The van der Waals surface area contributed by atoms with Gasteiger partial charge in [-0.25, -0.2) is 4.39 Å². The summed E-state index contributed by atoms with van der Waals surface area (Å²) in [7, 11) is 1.96. The van der Waals surface area contributed by atoms with Gasteiger partial charge in [0.15, 0.2) is 0 Å². The predicted molar refractivity (Wildman–Crippen MR) is 68.8 cm³/mol. The number of hydrogen-bond donors (Lipinski definition) is 1. The molecule has 1 aromatic carbocycles. The van der Waals surface area contributed by atoms with E-state index in [2.05, 4.69) is 10.2 Å². The summed E-state index contributed by atoms with van der Waals surface area (Å²) < 4.78 is 13.7. The van der Waals surface area contributed by atoms with E-state index in [1.165, 1.54) is 18.9 Å². The highest BCUT2D eigenvalue weighted by molar-refractivity contribution is 6.30. The maximum Gasteiger partial charge on any atom is 0.129 e. The Morgan fingerprint density at radius 3 is 3.06 bits per heavy atom. The molecule has 1 unspecified atom stereocenters. The zero-order valence-corrected chi connectivity index (χ0v) is 10.8. The Morgan fingerprint density at radius 2 is 2.35 bits per heavy atom. The number of halogens is 2. The van der Waals surface area contributed by atoms with Crippen molar-refractivity contribution in [3.8, 4) is 0 Å². The van der Waals surface area contributed by atoms with Crippen LogP contribution in [-0.4, -0.2) is 31.1 Å². The highest BCUT2D eigenvalue weighted by Crippen LogP contribution is 2.22. The largest absolute Gasteiger partial charge is 0.318 e. The van der Waals surface area contributed by atoms with Gasteiger partial charge < -0.3 is 5.32 Å². The summed E-state index contributed by atoms with van der Waals surface area (Å²) in [6.45, 7) is 2.69. The molecule has 1 aromatic rings. The zero-order valence-electron chi connectivity index (χ0n) is 10.0. The second-order valence-corrected chi connectivity index (χ2v) is 5.00. The molecule has 2 rings (SSSR count). The Hall–Kier alpha value is -0.640. The maximum absolute atomic E-state index is 13.7. The van der Waals surface area contributed by atoms with Gasteiger partial charge in [-0.2, -0.15) is 0 Å². The Kier molecular flexibility index (Phi) is 4.37. The molecule has 1 N–H and O–H groups in total. The first kappa shape index (κ1) is 12.8. The highest BCUT2D eigenvalue weighted by atomic mass is 35.5. The number of nitrogens with one attached hydrogen (secondary N) is 1. The molecule has 0 spiro atoms. The van der Waals surface area contributed by atoms with Crippen molar-refractivity contribution in [3.05, 3.63) is 34.6 Å². The summed E-state index contributed by atoms with van der Waals surface area (Å²) in [6, 6.07) is 5.45. The molecule has 0 aromatic heterocycles. The molecule has 1 aliphatic rings. The van der Waals surface area contributed by atoms with Crippen molar-refractivity contribution in [2.45, 2.75) is 25.4 Å². The Bertz CT molecular complexity index is 384. The van der Waals surface area contributed by atoms with E-state index in [1.807, 2.05) is 7.05 Å². The molecule has 1 saturated heterocycles. The van der Waals surface area contributed by atoms with E-state index in [0.29, 0.717) is 17.6 Å². The average molecular weight is 257 g/mol. The number of likely N-dealkylation sites (tertiary alicyclic amines) is 1. The van der Waals surface area contributed by atoms with Gasteiger partial charge in [0.25, 0.3) is 0 Å². The van der Waals surface area contributed by atoms with Gasteiger partial charge in [-0.15, -0.1) is 0 Å². The molecule has 0 aliphatic carbocycles. The van der Waals surface area contributed by atoms with Crippen molar-refractivity contribution in [1.82, 2.24) is 10.2 Å². The van der Waals surface area contributed by atoms with Gasteiger partial charge in [-0.3, -0.25) is 4.90 Å². The lowest BCUT2D eigenvalue weighted by atomic mass is 10.1. The van der Waals surface area contributed by atoms with Crippen molar-refractivity contribution in [2.24, 2.45) is 0 Å². The van der Waals surface area contributed by atoms with Crippen LogP contribution in [0.4, 0.5) is 4.39 Å². The van der Waals surface area contributed by atoms with Crippen molar-refractivity contribution in [3.63, 3.8) is 0 Å². The molecular weight excluding hydrogens is 239 g/mol. The molecule has 1 fully saturated rings. The third kappa shape index (κ3) is 3.18. The van der Waals surface area contributed by atoms with Crippen LogP contribution in [0.15, 0.2) is 18.2 Å². The van der Waals surface area contributed by atoms with Crippen LogP contribution in [0.3, 0.4) is 0 Å². The van der Waals surface area contributed by atoms with E-state index >= 15 is 0 Å². The number of benzene rings is 1. The van der Waals surface area contributed by atoms with Crippen molar-refractivity contribution in [2.75, 3.05) is 20.1 Å². The highest BCUT2D eigenvalue weighted by Gasteiger charge is 2.24. The SMILES string of the molecule is CNCC1CCCN1Cc1ccc(Cl)cc1F. The van der Waals surface area contributed by atoms with Crippen LogP contribution >= 0.6 is 11.6 Å². The van der Waals surface area contributed by atoms with E-state index in [0.717, 1.165) is 18.7 Å². The second-order valence-electron chi connectivity index (χ2n) is 4.56. The fraction of sp³-hybridized carbons (Fsp3) is 0.538. The van der Waals surface area contributed by atoms with Crippen molar-refractivity contribution < 1.29 is 4.39 Å². The van der Waals surface area contributed by atoms with Crippen LogP contribution in [-0.2, 0) is 6.54 Å². The molecule has 1 aliphatic heterocycles. The lowest BCUT2D eigenvalue weighted by molar-refractivity contribution is 0.239. The molecule has 94 valence electrons. The number of nitrogens with zero attached hydrogens (tertiary/aromatic N) is 1. The summed E-state index contributed by atoms with van der Waals surface area (Å²) >= 11 is 5.75. The zero-order chi connectivity index (χ0) is 12.3. The molecule has 1 heterocycles. The van der Waals surface area contributed by atoms with Crippen LogP contribution in [0.5, 0.6) is 0 Å². The minimum Gasteiger partial charge on any atom is -0.318 e. The molecular formula is C13H18ClFN2. The van der Waals surface area contributed by atoms with E-state index in [-0.39, 0.29) is 5.82 Å². The van der Waals surface area contributed by atoms with E-state index in [4.69, 9.17) is 11.6 Å². The Morgan fingerprint density at radius 1 is 1.53 bits per heavy atom. The summed E-state index contributed by atoms with van der Waals surface area (Å²) in [4.78, 5) is 2.34. The van der Waals surface area contributed by atoms with Gasteiger partial charge >= 0.3 is 0 Å². The molecule has 0 saturated carbocycles. The van der Waals surface area contributed by atoms with Crippen molar-refractivity contribution >= 4 is 11.6 Å². The van der Waals surface area contributed by atoms with Crippen LogP contribution in [0.2, 0.25) is 5.02 Å². The van der Waals surface area contributed by atoms with E-state index in [9.17, 15) is 4.39 Å². The summed E-state index contributed by atoms with van der Waals surface area (Å²) in [6.07, 6.45) is 2.39. The monoisotopic (exact) mass is 256 g/mol. The normalized spacial score (nSPS) is 21.0. The first-order valence-electron chi connectivity index (χ1n) is 6.03. The van der Waals surface area contributed by atoms with Crippen LogP contribution in [0, 0.1) is 5.82 Å². The van der Waals surface area contributed by atoms with Gasteiger partial charge in [-0.1, -0.05) is 17.7 Å². The van der Waals surface area contributed by atoms with E-state index in [1.54, 1.807) is 12.1 Å². The van der Waals surface area contributed by atoms with Crippen LogP contribution < -0.4 is 5.32 Å². The van der Waals surface area contributed by atoms with Crippen molar-refractivity contribution in [1.29, 1.82) is 0 Å². The van der Waals surface area contributed by atoms with Gasteiger partial charge in [0.05, 0.1) is 0 Å². The molecule has 2 nitrogen and oxygen atoms in total.